The van der Waals surface area contributed by atoms with E-state index in [-0.39, 0.29) is 5.56 Å². The van der Waals surface area contributed by atoms with Gasteiger partial charge in [0.15, 0.2) is 5.65 Å². The first kappa shape index (κ1) is 17.5. The molecule has 0 bridgehead atoms. The Hall–Kier alpha value is -3.32. The van der Waals surface area contributed by atoms with Crippen LogP contribution in [0.4, 0.5) is 0 Å². The van der Waals surface area contributed by atoms with Gasteiger partial charge in [0.25, 0.3) is 5.56 Å². The van der Waals surface area contributed by atoms with E-state index in [1.165, 1.54) is 9.96 Å². The Kier molecular flexibility index (Phi) is 3.70. The van der Waals surface area contributed by atoms with Crippen molar-refractivity contribution < 1.29 is 0 Å². The van der Waals surface area contributed by atoms with E-state index >= 15 is 0 Å². The average Bonchev–Trinajstić information content (AvgIpc) is 3.14. The second-order valence-electron chi connectivity index (χ2n) is 7.52. The summed E-state index contributed by atoms with van der Waals surface area (Å²) >= 11 is 3.51. The van der Waals surface area contributed by atoms with Crippen molar-refractivity contribution in [3.05, 3.63) is 80.3 Å². The fourth-order valence-electron chi connectivity index (χ4n) is 4.44. The largest absolute Gasteiger partial charge is 0.270 e. The summed E-state index contributed by atoms with van der Waals surface area (Å²) in [5.74, 6) is 0.984. The minimum Gasteiger partial charge on any atom is -0.268 e. The second kappa shape index (κ2) is 6.34. The van der Waals surface area contributed by atoms with Crippen LogP contribution in [0, 0.1) is 6.92 Å². The summed E-state index contributed by atoms with van der Waals surface area (Å²) in [6, 6.07) is 16.4. The predicted octanol–water partition coefficient (Wildman–Crippen LogP) is 4.47. The van der Waals surface area contributed by atoms with Gasteiger partial charge >= 0.3 is 0 Å². The predicted molar refractivity (Wildman–Crippen MR) is 120 cm³/mol. The lowest BCUT2D eigenvalue weighted by Crippen LogP contribution is -2.19. The third-order valence-electron chi connectivity index (χ3n) is 5.81. The van der Waals surface area contributed by atoms with Crippen molar-refractivity contribution in [3.8, 4) is 22.4 Å². The summed E-state index contributed by atoms with van der Waals surface area (Å²) in [5, 5.41) is 7.55. The zero-order valence-corrected chi connectivity index (χ0v) is 17.7. The van der Waals surface area contributed by atoms with Crippen LogP contribution in [0.2, 0.25) is 0 Å². The first-order valence-corrected chi connectivity index (χ1v) is 10.6. The van der Waals surface area contributed by atoms with Crippen LogP contribution in [-0.4, -0.2) is 24.6 Å². The van der Waals surface area contributed by atoms with E-state index in [1.54, 1.807) is 6.92 Å². The Bertz CT molecular complexity index is 1530. The molecule has 0 saturated carbocycles. The number of pyridine rings is 1. The van der Waals surface area contributed by atoms with Crippen LogP contribution in [0.25, 0.3) is 39.2 Å². The number of aromatic nitrogens is 5. The molecule has 1 N–H and O–H groups in total. The van der Waals surface area contributed by atoms with Crippen LogP contribution in [0.3, 0.4) is 0 Å². The Morgan fingerprint density at radius 2 is 1.83 bits per heavy atom. The number of aryl methyl sites for hydroxylation is 2. The van der Waals surface area contributed by atoms with E-state index < -0.39 is 0 Å². The van der Waals surface area contributed by atoms with Gasteiger partial charge in [-0.25, -0.2) is 14.5 Å². The van der Waals surface area contributed by atoms with Gasteiger partial charge in [-0.2, -0.15) is 10.1 Å². The molecule has 6 rings (SSSR count). The van der Waals surface area contributed by atoms with Crippen molar-refractivity contribution in [2.45, 2.75) is 19.8 Å². The smallest absolute Gasteiger partial charge is 0.268 e. The van der Waals surface area contributed by atoms with Gasteiger partial charge in [-0.05, 0) is 48.6 Å². The van der Waals surface area contributed by atoms with Gasteiger partial charge in [-0.3, -0.25) is 4.79 Å². The van der Waals surface area contributed by atoms with Crippen molar-refractivity contribution in [2.75, 3.05) is 0 Å². The standard InChI is InChI=1S/C23H16BrN5O/c1-12-27-28-23-26-21-19(22(30)29(12)23)18(14-6-9-15(24)10-7-14)17-11-8-13-4-2-3-5-16(13)20(17)25-21/h2-7,9-10H,8,11H2,1H3,(H,25,26,28). The van der Waals surface area contributed by atoms with Gasteiger partial charge in [0.1, 0.15) is 5.82 Å². The van der Waals surface area contributed by atoms with E-state index in [4.69, 9.17) is 4.98 Å². The zero-order chi connectivity index (χ0) is 20.4. The first-order chi connectivity index (χ1) is 14.6. The Labute approximate surface area is 179 Å². The lowest BCUT2D eigenvalue weighted by molar-refractivity contribution is 0.930. The van der Waals surface area contributed by atoms with Gasteiger partial charge < -0.3 is 0 Å². The number of aromatic amines is 1. The molecule has 0 fully saturated rings. The van der Waals surface area contributed by atoms with Gasteiger partial charge in [-0.1, -0.05) is 52.3 Å². The van der Waals surface area contributed by atoms with Crippen LogP contribution in [-0.2, 0) is 12.8 Å². The molecule has 0 radical (unpaired) electrons. The number of rotatable bonds is 1. The quantitative estimate of drug-likeness (QED) is 0.402. The summed E-state index contributed by atoms with van der Waals surface area (Å²) in [7, 11) is 0. The molecule has 0 saturated heterocycles. The average molecular weight is 458 g/mol. The first-order valence-electron chi connectivity index (χ1n) is 9.76. The molecule has 0 spiro atoms. The zero-order valence-electron chi connectivity index (χ0n) is 16.1. The molecule has 5 aromatic rings. The summed E-state index contributed by atoms with van der Waals surface area (Å²) in [6.45, 7) is 1.79. The van der Waals surface area contributed by atoms with Gasteiger partial charge in [0.05, 0.1) is 11.1 Å². The molecular weight excluding hydrogens is 442 g/mol. The number of benzene rings is 2. The minimum absolute atomic E-state index is 0.145. The Morgan fingerprint density at radius 1 is 1.03 bits per heavy atom. The lowest BCUT2D eigenvalue weighted by atomic mass is 9.84. The molecule has 146 valence electrons. The highest BCUT2D eigenvalue weighted by atomic mass is 79.9. The van der Waals surface area contributed by atoms with E-state index in [2.05, 4.69) is 49.3 Å². The van der Waals surface area contributed by atoms with E-state index in [9.17, 15) is 4.79 Å². The Morgan fingerprint density at radius 3 is 2.67 bits per heavy atom. The fourth-order valence-corrected chi connectivity index (χ4v) is 4.70. The summed E-state index contributed by atoms with van der Waals surface area (Å²) in [4.78, 5) is 23.1. The molecule has 3 heterocycles. The maximum Gasteiger partial charge on any atom is 0.270 e. The van der Waals surface area contributed by atoms with Crippen molar-refractivity contribution in [1.82, 2.24) is 24.6 Å². The van der Waals surface area contributed by atoms with Crippen molar-refractivity contribution >= 4 is 32.7 Å². The normalized spacial score (nSPS) is 12.9. The molecule has 0 unspecified atom stereocenters. The molecule has 1 aliphatic rings. The molecular formula is C23H16BrN5O. The Balaban J connectivity index is 1.83. The summed E-state index contributed by atoms with van der Waals surface area (Å²) in [6.07, 6.45) is 1.74. The maximum absolute atomic E-state index is 13.6. The molecule has 0 amide bonds. The number of hydrogen-bond acceptors (Lipinski definition) is 4. The highest BCUT2D eigenvalue weighted by Gasteiger charge is 2.26. The summed E-state index contributed by atoms with van der Waals surface area (Å²) < 4.78 is 2.52. The lowest BCUT2D eigenvalue weighted by Gasteiger charge is -2.23. The van der Waals surface area contributed by atoms with Crippen LogP contribution >= 0.6 is 15.9 Å². The highest BCUT2D eigenvalue weighted by molar-refractivity contribution is 9.10. The van der Waals surface area contributed by atoms with E-state index in [0.29, 0.717) is 22.6 Å². The molecule has 7 heteroatoms. The number of hydrogen-bond donors (Lipinski definition) is 1. The number of nitrogens with one attached hydrogen (secondary N) is 1. The van der Waals surface area contributed by atoms with E-state index in [0.717, 1.165) is 45.3 Å². The molecule has 0 atom stereocenters. The molecule has 30 heavy (non-hydrogen) atoms. The molecule has 1 aliphatic carbocycles. The summed E-state index contributed by atoms with van der Waals surface area (Å²) in [5.41, 5.74) is 6.60. The van der Waals surface area contributed by atoms with Crippen LogP contribution < -0.4 is 5.56 Å². The van der Waals surface area contributed by atoms with Gasteiger partial charge in [0.2, 0.25) is 5.78 Å². The van der Waals surface area contributed by atoms with Gasteiger partial charge in [-0.15, -0.1) is 0 Å². The molecule has 2 aromatic carbocycles. The number of fused-ring (bicyclic) bond motifs is 5. The molecule has 3 aromatic heterocycles. The topological polar surface area (TPSA) is 75.9 Å². The van der Waals surface area contributed by atoms with Crippen LogP contribution in [0.5, 0.6) is 0 Å². The minimum atomic E-state index is -0.145. The highest BCUT2D eigenvalue weighted by Crippen LogP contribution is 2.40. The third-order valence-corrected chi connectivity index (χ3v) is 6.34. The molecule has 0 aliphatic heterocycles. The number of H-pyrrole nitrogens is 1. The van der Waals surface area contributed by atoms with E-state index in [1.807, 2.05) is 30.3 Å². The molecule has 6 nitrogen and oxygen atoms in total. The maximum atomic E-state index is 13.6. The van der Waals surface area contributed by atoms with Crippen molar-refractivity contribution in [3.63, 3.8) is 0 Å². The second-order valence-corrected chi connectivity index (χ2v) is 8.44. The van der Waals surface area contributed by atoms with Crippen molar-refractivity contribution in [1.29, 1.82) is 0 Å². The van der Waals surface area contributed by atoms with Crippen molar-refractivity contribution in [2.24, 2.45) is 0 Å². The SMILES string of the molecule is Cc1n[nH]c2nc3nc4c(c(-c5ccc(Br)cc5)c3c(=O)n12)CCc1ccccc1-4. The number of nitrogens with zero attached hydrogens (tertiary/aromatic N) is 4. The van der Waals surface area contributed by atoms with Gasteiger partial charge in [0, 0.05) is 15.6 Å². The fraction of sp³-hybridized carbons (Fsp3) is 0.130. The monoisotopic (exact) mass is 457 g/mol. The van der Waals surface area contributed by atoms with Crippen LogP contribution in [0.15, 0.2) is 57.8 Å². The van der Waals surface area contributed by atoms with Crippen LogP contribution in [0.1, 0.15) is 17.0 Å². The number of halogens is 1. The third kappa shape index (κ3) is 2.42.